The number of aromatic nitrogens is 2. The van der Waals surface area contributed by atoms with Crippen molar-refractivity contribution in [2.75, 3.05) is 24.3 Å². The number of imidazole rings is 1. The van der Waals surface area contributed by atoms with E-state index in [4.69, 9.17) is 0 Å². The summed E-state index contributed by atoms with van der Waals surface area (Å²) in [7, 11) is 4.09. The Balaban J connectivity index is 1.71. The first-order valence-electron chi connectivity index (χ1n) is 7.08. The number of aromatic amines is 1. The first-order valence-corrected chi connectivity index (χ1v) is 7.08. The van der Waals surface area contributed by atoms with Gasteiger partial charge in [0.05, 0.1) is 11.0 Å². The number of aryl methyl sites for hydroxylation is 1. The highest BCUT2D eigenvalue weighted by Gasteiger charge is 2.03. The minimum atomic E-state index is 0.756. The van der Waals surface area contributed by atoms with Crippen LogP contribution in [0.3, 0.4) is 0 Å². The maximum Gasteiger partial charge on any atom is 0.201 e. The molecule has 0 saturated heterocycles. The molecule has 0 saturated carbocycles. The zero-order valence-electron chi connectivity index (χ0n) is 12.6. The van der Waals surface area contributed by atoms with Crippen molar-refractivity contribution < 1.29 is 0 Å². The third-order valence-electron chi connectivity index (χ3n) is 3.55. The summed E-state index contributed by atoms with van der Waals surface area (Å²) < 4.78 is 0. The van der Waals surface area contributed by atoms with Crippen LogP contribution in [0.25, 0.3) is 11.0 Å². The molecule has 1 heterocycles. The number of fused-ring (bicyclic) bond motifs is 1. The summed E-state index contributed by atoms with van der Waals surface area (Å²) in [5.74, 6) is 0.812. The van der Waals surface area contributed by atoms with Gasteiger partial charge in [0.25, 0.3) is 0 Å². The van der Waals surface area contributed by atoms with Gasteiger partial charge in [0.2, 0.25) is 5.95 Å². The van der Waals surface area contributed by atoms with E-state index in [1.54, 1.807) is 0 Å². The summed E-state index contributed by atoms with van der Waals surface area (Å²) in [6.45, 7) is 2.84. The fourth-order valence-electron chi connectivity index (χ4n) is 2.30. The van der Waals surface area contributed by atoms with Crippen LogP contribution in [0.2, 0.25) is 0 Å². The summed E-state index contributed by atoms with van der Waals surface area (Å²) in [4.78, 5) is 9.94. The van der Waals surface area contributed by atoms with E-state index in [1.807, 2.05) is 20.2 Å². The second-order valence-corrected chi connectivity index (χ2v) is 5.52. The van der Waals surface area contributed by atoms with Crippen LogP contribution < -0.4 is 10.2 Å². The Morgan fingerprint density at radius 2 is 1.86 bits per heavy atom. The summed E-state index contributed by atoms with van der Waals surface area (Å²) in [5.41, 5.74) is 5.73. The van der Waals surface area contributed by atoms with Crippen LogP contribution >= 0.6 is 0 Å². The van der Waals surface area contributed by atoms with E-state index < -0.39 is 0 Å². The van der Waals surface area contributed by atoms with Gasteiger partial charge in [-0.1, -0.05) is 18.2 Å². The molecule has 0 spiro atoms. The molecule has 0 radical (unpaired) electrons. The number of benzene rings is 2. The molecular formula is C17H20N4. The zero-order valence-corrected chi connectivity index (χ0v) is 12.6. The third-order valence-corrected chi connectivity index (χ3v) is 3.55. The van der Waals surface area contributed by atoms with Crippen LogP contribution in [0.4, 0.5) is 11.6 Å². The Morgan fingerprint density at radius 3 is 2.57 bits per heavy atom. The van der Waals surface area contributed by atoms with E-state index in [0.717, 1.165) is 23.5 Å². The minimum Gasteiger partial charge on any atom is -0.378 e. The van der Waals surface area contributed by atoms with Crippen molar-refractivity contribution in [1.82, 2.24) is 9.97 Å². The molecule has 1 aromatic heterocycles. The normalized spacial score (nSPS) is 10.8. The number of H-pyrrole nitrogens is 1. The van der Waals surface area contributed by atoms with Gasteiger partial charge in [0, 0.05) is 26.3 Å². The van der Waals surface area contributed by atoms with Gasteiger partial charge in [0.1, 0.15) is 0 Å². The lowest BCUT2D eigenvalue weighted by Gasteiger charge is -2.12. The highest BCUT2D eigenvalue weighted by atomic mass is 15.1. The van der Waals surface area contributed by atoms with Gasteiger partial charge in [-0.3, -0.25) is 0 Å². The summed E-state index contributed by atoms with van der Waals surface area (Å²) in [5, 5.41) is 3.34. The van der Waals surface area contributed by atoms with E-state index in [1.165, 1.54) is 16.8 Å². The van der Waals surface area contributed by atoms with E-state index >= 15 is 0 Å². The van der Waals surface area contributed by atoms with E-state index in [9.17, 15) is 0 Å². The molecule has 0 aliphatic carbocycles. The average molecular weight is 280 g/mol. The molecule has 0 amide bonds. The second-order valence-electron chi connectivity index (χ2n) is 5.52. The smallest absolute Gasteiger partial charge is 0.201 e. The maximum absolute atomic E-state index is 4.54. The highest BCUT2D eigenvalue weighted by molar-refractivity contribution is 5.78. The standard InChI is InChI=1S/C17H20N4/c1-12-4-9-15-16(10-12)20-17(19-15)18-11-13-5-7-14(8-6-13)21(2)3/h4-10H,11H2,1-3H3,(H2,18,19,20). The van der Waals surface area contributed by atoms with Gasteiger partial charge in [-0.05, 0) is 42.3 Å². The number of rotatable bonds is 4. The van der Waals surface area contributed by atoms with Crippen LogP contribution in [-0.4, -0.2) is 24.1 Å². The van der Waals surface area contributed by atoms with Crippen molar-refractivity contribution in [3.05, 3.63) is 53.6 Å². The molecule has 0 aliphatic heterocycles. The SMILES string of the molecule is Cc1ccc2nc(NCc3ccc(N(C)C)cc3)[nH]c2c1. The first-order chi connectivity index (χ1) is 10.1. The molecule has 0 atom stereocenters. The summed E-state index contributed by atoms with van der Waals surface area (Å²) in [6.07, 6.45) is 0. The van der Waals surface area contributed by atoms with E-state index in [2.05, 4.69) is 63.5 Å². The monoisotopic (exact) mass is 280 g/mol. The minimum absolute atomic E-state index is 0.756. The van der Waals surface area contributed by atoms with Crippen molar-refractivity contribution in [3.8, 4) is 0 Å². The van der Waals surface area contributed by atoms with Gasteiger partial charge in [0.15, 0.2) is 0 Å². The van der Waals surface area contributed by atoms with Crippen molar-refractivity contribution in [3.63, 3.8) is 0 Å². The van der Waals surface area contributed by atoms with Crippen LogP contribution in [0.15, 0.2) is 42.5 Å². The largest absolute Gasteiger partial charge is 0.378 e. The lowest BCUT2D eigenvalue weighted by molar-refractivity contribution is 1.09. The molecule has 4 heteroatoms. The molecule has 3 rings (SSSR count). The van der Waals surface area contributed by atoms with Gasteiger partial charge < -0.3 is 15.2 Å². The van der Waals surface area contributed by atoms with Gasteiger partial charge in [-0.15, -0.1) is 0 Å². The molecule has 3 aromatic rings. The molecule has 2 N–H and O–H groups in total. The molecule has 2 aromatic carbocycles. The number of nitrogens with zero attached hydrogens (tertiary/aromatic N) is 2. The molecule has 0 unspecified atom stereocenters. The highest BCUT2D eigenvalue weighted by Crippen LogP contribution is 2.17. The van der Waals surface area contributed by atoms with Crippen molar-refractivity contribution >= 4 is 22.7 Å². The number of hydrogen-bond acceptors (Lipinski definition) is 3. The fourth-order valence-corrected chi connectivity index (χ4v) is 2.30. The van der Waals surface area contributed by atoms with Crippen LogP contribution in [0, 0.1) is 6.92 Å². The van der Waals surface area contributed by atoms with Gasteiger partial charge >= 0.3 is 0 Å². The Kier molecular flexibility index (Phi) is 3.52. The Hall–Kier alpha value is -2.49. The molecule has 108 valence electrons. The van der Waals surface area contributed by atoms with Crippen molar-refractivity contribution in [2.24, 2.45) is 0 Å². The number of nitrogens with one attached hydrogen (secondary N) is 2. The number of hydrogen-bond donors (Lipinski definition) is 2. The second kappa shape index (κ2) is 5.48. The van der Waals surface area contributed by atoms with Crippen molar-refractivity contribution in [2.45, 2.75) is 13.5 Å². The first kappa shape index (κ1) is 13.5. The molecule has 21 heavy (non-hydrogen) atoms. The maximum atomic E-state index is 4.54. The lowest BCUT2D eigenvalue weighted by Crippen LogP contribution is -2.08. The lowest BCUT2D eigenvalue weighted by atomic mass is 10.2. The molecule has 0 aliphatic rings. The van der Waals surface area contributed by atoms with Gasteiger partial charge in [-0.25, -0.2) is 4.98 Å². The predicted molar refractivity (Wildman–Crippen MR) is 88.9 cm³/mol. The Bertz CT molecular complexity index is 741. The summed E-state index contributed by atoms with van der Waals surface area (Å²) in [6, 6.07) is 14.7. The van der Waals surface area contributed by atoms with E-state index in [0.29, 0.717) is 0 Å². The van der Waals surface area contributed by atoms with E-state index in [-0.39, 0.29) is 0 Å². The number of anilines is 2. The van der Waals surface area contributed by atoms with Crippen LogP contribution in [0.1, 0.15) is 11.1 Å². The third kappa shape index (κ3) is 2.99. The molecular weight excluding hydrogens is 260 g/mol. The fraction of sp³-hybridized carbons (Fsp3) is 0.235. The Labute approximate surface area is 124 Å². The Morgan fingerprint density at radius 1 is 1.10 bits per heavy atom. The van der Waals surface area contributed by atoms with Gasteiger partial charge in [-0.2, -0.15) is 0 Å². The van der Waals surface area contributed by atoms with Crippen LogP contribution in [-0.2, 0) is 6.54 Å². The molecule has 0 fully saturated rings. The topological polar surface area (TPSA) is 44.0 Å². The van der Waals surface area contributed by atoms with Crippen LogP contribution in [0.5, 0.6) is 0 Å². The zero-order chi connectivity index (χ0) is 14.8. The quantitative estimate of drug-likeness (QED) is 0.768. The average Bonchev–Trinajstić information content (AvgIpc) is 2.87. The molecule has 4 nitrogen and oxygen atoms in total. The molecule has 0 bridgehead atoms. The summed E-state index contributed by atoms with van der Waals surface area (Å²) >= 11 is 0. The predicted octanol–water partition coefficient (Wildman–Crippen LogP) is 3.55. The van der Waals surface area contributed by atoms with Crippen molar-refractivity contribution in [1.29, 1.82) is 0 Å².